The lowest BCUT2D eigenvalue weighted by Crippen LogP contribution is -2.29. The number of sulfonamides is 1. The van der Waals surface area contributed by atoms with Crippen molar-refractivity contribution in [1.82, 2.24) is 9.97 Å². The maximum atomic E-state index is 13.9. The number of halogens is 4. The number of carbonyl (C=O) groups excluding carboxylic acids is 1. The Kier molecular flexibility index (Phi) is 6.15. The van der Waals surface area contributed by atoms with Gasteiger partial charge in [0.1, 0.15) is 5.82 Å². The van der Waals surface area contributed by atoms with Crippen LogP contribution in [0.4, 0.5) is 23.2 Å². The molecule has 0 bridgehead atoms. The van der Waals surface area contributed by atoms with E-state index in [0.717, 1.165) is 36.4 Å². The summed E-state index contributed by atoms with van der Waals surface area (Å²) in [5.41, 5.74) is 0.488. The van der Waals surface area contributed by atoms with Gasteiger partial charge in [-0.3, -0.25) is 19.1 Å². The molecule has 9 nitrogen and oxygen atoms in total. The summed E-state index contributed by atoms with van der Waals surface area (Å²) in [7, 11) is -4.46. The van der Waals surface area contributed by atoms with Crippen molar-refractivity contribution in [2.75, 3.05) is 4.72 Å². The van der Waals surface area contributed by atoms with Crippen molar-refractivity contribution >= 4 is 32.7 Å². The van der Waals surface area contributed by atoms with Crippen molar-refractivity contribution in [1.29, 1.82) is 0 Å². The molecule has 4 aromatic rings. The number of aromatic nitrogens is 2. The maximum absolute atomic E-state index is 13.9. The van der Waals surface area contributed by atoms with E-state index < -0.39 is 61.4 Å². The molecular formula is C23H16F4N4O5S. The van der Waals surface area contributed by atoms with Gasteiger partial charge in [-0.2, -0.15) is 13.2 Å². The molecule has 0 fully saturated rings. The molecule has 0 saturated carbocycles. The van der Waals surface area contributed by atoms with E-state index in [0.29, 0.717) is 6.07 Å². The van der Waals surface area contributed by atoms with Crippen LogP contribution in [0.2, 0.25) is 0 Å². The second-order valence-electron chi connectivity index (χ2n) is 7.99. The van der Waals surface area contributed by atoms with Gasteiger partial charge >= 0.3 is 17.3 Å². The molecule has 14 heteroatoms. The highest BCUT2D eigenvalue weighted by molar-refractivity contribution is 7.92. The summed E-state index contributed by atoms with van der Waals surface area (Å²) in [5, 5.41) is 0. The topological polar surface area (TPSA) is 155 Å². The van der Waals surface area contributed by atoms with Crippen LogP contribution >= 0.6 is 0 Å². The Hall–Kier alpha value is -4.46. The van der Waals surface area contributed by atoms with Gasteiger partial charge in [-0.25, -0.2) is 12.8 Å². The van der Waals surface area contributed by atoms with Gasteiger partial charge in [-0.15, -0.1) is 0 Å². The zero-order valence-corrected chi connectivity index (χ0v) is 19.5. The number of carbonyl (C=O) groups is 1. The second-order valence-corrected chi connectivity index (χ2v) is 9.64. The fourth-order valence-corrected chi connectivity index (χ4v) is 5.03. The van der Waals surface area contributed by atoms with Gasteiger partial charge in [-0.05, 0) is 60.0 Å². The summed E-state index contributed by atoms with van der Waals surface area (Å²) in [4.78, 5) is 38.7. The van der Waals surface area contributed by atoms with Gasteiger partial charge in [0.2, 0.25) is 0 Å². The predicted octanol–water partition coefficient (Wildman–Crippen LogP) is 3.25. The molecular weight excluding hydrogens is 520 g/mol. The van der Waals surface area contributed by atoms with Crippen molar-refractivity contribution in [2.24, 2.45) is 5.73 Å². The smallest absolute Gasteiger partial charge is 0.366 e. The number of rotatable bonds is 5. The SMILES string of the molecule is Cc1cc2[nH]c(=O)c(=O)[nH]c2cc1S(=O)(=O)Nc1ccc(-c2ccc(F)c(C(N)=O)c2)c(C(F)(F)F)c1. The van der Waals surface area contributed by atoms with Crippen LogP contribution in [0.5, 0.6) is 0 Å². The summed E-state index contributed by atoms with van der Waals surface area (Å²) in [6, 6.07) is 7.63. The number of aromatic amines is 2. The zero-order valence-electron chi connectivity index (χ0n) is 18.7. The Balaban J connectivity index is 1.80. The lowest BCUT2D eigenvalue weighted by Gasteiger charge is -2.17. The van der Waals surface area contributed by atoms with Gasteiger partial charge in [0, 0.05) is 5.69 Å². The zero-order chi connectivity index (χ0) is 27.3. The highest BCUT2D eigenvalue weighted by Crippen LogP contribution is 2.39. The molecule has 0 atom stereocenters. The highest BCUT2D eigenvalue weighted by atomic mass is 32.2. The van der Waals surface area contributed by atoms with Crippen LogP contribution in [-0.4, -0.2) is 24.3 Å². The highest BCUT2D eigenvalue weighted by Gasteiger charge is 2.34. The lowest BCUT2D eigenvalue weighted by atomic mass is 9.97. The minimum absolute atomic E-state index is 0.0107. The molecule has 37 heavy (non-hydrogen) atoms. The third kappa shape index (κ3) is 4.95. The number of amides is 1. The summed E-state index contributed by atoms with van der Waals surface area (Å²) in [6.45, 7) is 1.40. The van der Waals surface area contributed by atoms with Crippen molar-refractivity contribution in [3.63, 3.8) is 0 Å². The summed E-state index contributed by atoms with van der Waals surface area (Å²) in [5.74, 6) is -2.18. The number of hydrogen-bond donors (Lipinski definition) is 4. The standard InChI is InChI=1S/C23H16F4N4O5S/c1-10-6-17-18(30-22(34)21(33)29-17)9-19(10)37(35,36)31-12-3-4-13(15(8-12)23(25,26)27)11-2-5-16(24)14(7-11)20(28)32/h2-9,31H,1H3,(H2,28,32)(H,29,33)(H,30,34). The van der Waals surface area contributed by atoms with E-state index in [4.69, 9.17) is 5.73 Å². The van der Waals surface area contributed by atoms with Crippen LogP contribution < -0.4 is 21.6 Å². The average molecular weight is 536 g/mol. The number of aryl methyl sites for hydroxylation is 1. The molecule has 0 aliphatic rings. The van der Waals surface area contributed by atoms with Crippen LogP contribution in [0.25, 0.3) is 22.2 Å². The number of fused-ring (bicyclic) bond motifs is 1. The number of anilines is 1. The molecule has 0 unspecified atom stereocenters. The van der Waals surface area contributed by atoms with Crippen LogP contribution in [-0.2, 0) is 16.2 Å². The molecule has 1 aromatic heterocycles. The van der Waals surface area contributed by atoms with Crippen molar-refractivity contribution in [2.45, 2.75) is 18.0 Å². The molecule has 0 aliphatic carbocycles. The molecule has 1 heterocycles. The van der Waals surface area contributed by atoms with Crippen molar-refractivity contribution in [3.8, 4) is 11.1 Å². The first-order valence-electron chi connectivity index (χ1n) is 10.3. The molecule has 5 N–H and O–H groups in total. The summed E-state index contributed by atoms with van der Waals surface area (Å²) in [6.07, 6.45) is -4.96. The first-order chi connectivity index (χ1) is 17.2. The normalized spacial score (nSPS) is 12.0. The van der Waals surface area contributed by atoms with Crippen LogP contribution in [0, 0.1) is 12.7 Å². The first-order valence-corrected chi connectivity index (χ1v) is 11.8. The Morgan fingerprint density at radius 1 is 0.946 bits per heavy atom. The van der Waals surface area contributed by atoms with E-state index in [1.165, 1.54) is 13.0 Å². The minimum atomic E-state index is -4.96. The molecule has 0 radical (unpaired) electrons. The summed E-state index contributed by atoms with van der Waals surface area (Å²) < 4.78 is 83.7. The second kappa shape index (κ2) is 8.89. The number of H-pyrrole nitrogens is 2. The molecule has 0 saturated heterocycles. The van der Waals surface area contributed by atoms with E-state index in [2.05, 4.69) is 14.7 Å². The lowest BCUT2D eigenvalue weighted by molar-refractivity contribution is -0.137. The third-order valence-electron chi connectivity index (χ3n) is 5.43. The van der Waals surface area contributed by atoms with E-state index >= 15 is 0 Å². The Morgan fingerprint density at radius 2 is 1.57 bits per heavy atom. The molecule has 4 rings (SSSR count). The number of hydrogen-bond acceptors (Lipinski definition) is 5. The molecule has 192 valence electrons. The van der Waals surface area contributed by atoms with E-state index in [9.17, 15) is 40.4 Å². The van der Waals surface area contributed by atoms with Gasteiger partial charge < -0.3 is 15.7 Å². The number of nitrogens with two attached hydrogens (primary N) is 1. The fourth-order valence-electron chi connectivity index (χ4n) is 3.73. The van der Waals surface area contributed by atoms with Crippen molar-refractivity contribution < 1.29 is 30.8 Å². The van der Waals surface area contributed by atoms with Crippen LogP contribution in [0.1, 0.15) is 21.5 Å². The van der Waals surface area contributed by atoms with Gasteiger partial charge in [-0.1, -0.05) is 12.1 Å². The van der Waals surface area contributed by atoms with Crippen LogP contribution in [0.3, 0.4) is 0 Å². The van der Waals surface area contributed by atoms with E-state index in [1.54, 1.807) is 0 Å². The number of primary amides is 1. The number of nitrogens with one attached hydrogen (secondary N) is 3. The van der Waals surface area contributed by atoms with E-state index in [-0.39, 0.29) is 27.1 Å². The maximum Gasteiger partial charge on any atom is 0.417 e. The van der Waals surface area contributed by atoms with E-state index in [1.807, 2.05) is 0 Å². The molecule has 0 spiro atoms. The quantitative estimate of drug-likeness (QED) is 0.228. The Morgan fingerprint density at radius 3 is 2.16 bits per heavy atom. The number of alkyl halides is 3. The third-order valence-corrected chi connectivity index (χ3v) is 6.95. The first kappa shape index (κ1) is 25.6. The average Bonchev–Trinajstić information content (AvgIpc) is 2.79. The summed E-state index contributed by atoms with van der Waals surface area (Å²) >= 11 is 0. The fraction of sp³-hybridized carbons (Fsp3) is 0.0870. The Bertz CT molecular complexity index is 1810. The number of benzene rings is 3. The predicted molar refractivity (Wildman–Crippen MR) is 126 cm³/mol. The van der Waals surface area contributed by atoms with Gasteiger partial charge in [0.25, 0.3) is 15.9 Å². The van der Waals surface area contributed by atoms with Crippen LogP contribution in [0.15, 0.2) is 63.0 Å². The largest absolute Gasteiger partial charge is 0.417 e. The molecule has 1 amide bonds. The molecule has 3 aromatic carbocycles. The van der Waals surface area contributed by atoms with Crippen molar-refractivity contribution in [3.05, 3.63) is 91.7 Å². The Labute approximate surface area is 205 Å². The minimum Gasteiger partial charge on any atom is -0.366 e. The monoisotopic (exact) mass is 536 g/mol. The van der Waals surface area contributed by atoms with Gasteiger partial charge in [0.05, 0.1) is 27.1 Å². The molecule has 0 aliphatic heterocycles. The van der Waals surface area contributed by atoms with Gasteiger partial charge in [0.15, 0.2) is 0 Å².